The Balaban J connectivity index is 2.19. The summed E-state index contributed by atoms with van der Waals surface area (Å²) >= 11 is 9.15. The quantitative estimate of drug-likeness (QED) is 0.813. The van der Waals surface area contributed by atoms with Crippen LogP contribution in [0.25, 0.3) is 11.5 Å². The van der Waals surface area contributed by atoms with E-state index in [1.165, 1.54) is 0 Å². The Morgan fingerprint density at radius 3 is 2.90 bits per heavy atom. The molecule has 0 bridgehead atoms. The fourth-order valence-electron chi connectivity index (χ4n) is 1.75. The Morgan fingerprint density at radius 2 is 2.29 bits per heavy atom. The largest absolute Gasteiger partial charge is 0.345 e. The van der Waals surface area contributed by atoms with Crippen LogP contribution >= 0.6 is 27.5 Å². The molecule has 1 N–H and O–H groups in total. The lowest BCUT2D eigenvalue weighted by atomic mass is 10.2. The first-order valence-corrected chi connectivity index (χ1v) is 7.78. The summed E-state index contributed by atoms with van der Waals surface area (Å²) in [5, 5.41) is 6.14. The van der Waals surface area contributed by atoms with Crippen LogP contribution in [0.3, 0.4) is 0 Å². The number of amides is 1. The Kier molecular flexibility index (Phi) is 5.36. The number of hydrogen-bond acceptors (Lipinski definition) is 4. The molecular weight excluding hydrogens is 358 g/mol. The van der Waals surface area contributed by atoms with Gasteiger partial charge in [0.1, 0.15) is 5.38 Å². The maximum absolute atomic E-state index is 11.7. The van der Waals surface area contributed by atoms with Crippen molar-refractivity contribution in [2.24, 2.45) is 0 Å². The number of hydrogen-bond donors (Lipinski definition) is 1. The van der Waals surface area contributed by atoms with E-state index in [1.54, 1.807) is 6.92 Å². The lowest BCUT2D eigenvalue weighted by Crippen LogP contribution is -2.33. The molecule has 0 saturated carbocycles. The summed E-state index contributed by atoms with van der Waals surface area (Å²) in [4.78, 5) is 16.0. The SMILES string of the molecule is CCC(NC(=O)C(C)Cl)c1noc(-c2cccc(Br)c2)n1. The smallest absolute Gasteiger partial charge is 0.258 e. The lowest BCUT2D eigenvalue weighted by Gasteiger charge is -2.13. The van der Waals surface area contributed by atoms with E-state index in [2.05, 4.69) is 31.4 Å². The third-order valence-corrected chi connectivity index (χ3v) is 3.60. The summed E-state index contributed by atoms with van der Waals surface area (Å²) in [6.07, 6.45) is 0.646. The highest BCUT2D eigenvalue weighted by atomic mass is 79.9. The molecule has 1 aromatic carbocycles. The van der Waals surface area contributed by atoms with E-state index in [0.717, 1.165) is 10.0 Å². The molecule has 0 aliphatic rings. The van der Waals surface area contributed by atoms with Gasteiger partial charge in [-0.05, 0) is 31.5 Å². The second-order valence-electron chi connectivity index (χ2n) is 4.55. The predicted octanol–water partition coefficient (Wildman–Crippen LogP) is 3.69. The van der Waals surface area contributed by atoms with Crippen molar-refractivity contribution in [3.8, 4) is 11.5 Å². The van der Waals surface area contributed by atoms with Crippen molar-refractivity contribution in [1.82, 2.24) is 15.5 Å². The molecule has 0 aliphatic heterocycles. The molecular formula is C14H15BrClN3O2. The minimum atomic E-state index is -0.601. The number of alkyl halides is 1. The summed E-state index contributed by atoms with van der Waals surface area (Å²) in [5.41, 5.74) is 0.815. The topological polar surface area (TPSA) is 68.0 Å². The maximum atomic E-state index is 11.7. The zero-order valence-electron chi connectivity index (χ0n) is 11.6. The van der Waals surface area contributed by atoms with Gasteiger partial charge in [0, 0.05) is 10.0 Å². The molecule has 1 aromatic heterocycles. The average molecular weight is 373 g/mol. The van der Waals surface area contributed by atoms with Crippen molar-refractivity contribution in [1.29, 1.82) is 0 Å². The maximum Gasteiger partial charge on any atom is 0.258 e. The molecule has 0 radical (unpaired) electrons. The summed E-state index contributed by atoms with van der Waals surface area (Å²) < 4.78 is 6.19. The van der Waals surface area contributed by atoms with Crippen molar-refractivity contribution in [3.63, 3.8) is 0 Å². The molecule has 2 rings (SSSR count). The van der Waals surface area contributed by atoms with Crippen LogP contribution in [0.2, 0.25) is 0 Å². The summed E-state index contributed by atoms with van der Waals surface area (Å²) in [5.74, 6) is 0.605. The fourth-order valence-corrected chi connectivity index (χ4v) is 2.21. The molecule has 0 fully saturated rings. The number of carbonyl (C=O) groups is 1. The van der Waals surface area contributed by atoms with Gasteiger partial charge in [-0.2, -0.15) is 4.98 Å². The zero-order valence-corrected chi connectivity index (χ0v) is 14.0. The normalized spacial score (nSPS) is 13.7. The number of nitrogens with zero attached hydrogens (tertiary/aromatic N) is 2. The van der Waals surface area contributed by atoms with Gasteiger partial charge < -0.3 is 9.84 Å². The van der Waals surface area contributed by atoms with E-state index in [9.17, 15) is 4.79 Å². The van der Waals surface area contributed by atoms with Gasteiger partial charge in [0.15, 0.2) is 5.82 Å². The van der Waals surface area contributed by atoms with Gasteiger partial charge >= 0.3 is 0 Å². The van der Waals surface area contributed by atoms with Gasteiger partial charge in [-0.15, -0.1) is 11.6 Å². The first-order chi connectivity index (χ1) is 10.0. The van der Waals surface area contributed by atoms with Crippen LogP contribution in [0.4, 0.5) is 0 Å². The predicted molar refractivity (Wildman–Crippen MR) is 83.9 cm³/mol. The molecule has 0 aliphatic carbocycles. The third kappa shape index (κ3) is 4.04. The van der Waals surface area contributed by atoms with Crippen molar-refractivity contribution < 1.29 is 9.32 Å². The zero-order chi connectivity index (χ0) is 15.4. The van der Waals surface area contributed by atoms with Crippen molar-refractivity contribution >= 4 is 33.4 Å². The van der Waals surface area contributed by atoms with Crippen LogP contribution in [0, 0.1) is 0 Å². The number of nitrogens with one attached hydrogen (secondary N) is 1. The highest BCUT2D eigenvalue weighted by molar-refractivity contribution is 9.10. The second-order valence-corrected chi connectivity index (χ2v) is 6.12. The van der Waals surface area contributed by atoms with Crippen LogP contribution < -0.4 is 5.32 Å². The van der Waals surface area contributed by atoms with Gasteiger partial charge in [-0.1, -0.05) is 34.1 Å². The third-order valence-electron chi connectivity index (χ3n) is 2.91. The molecule has 2 unspecified atom stereocenters. The van der Waals surface area contributed by atoms with Crippen LogP contribution in [0.15, 0.2) is 33.3 Å². The first kappa shape index (κ1) is 16.0. The van der Waals surface area contributed by atoms with Crippen molar-refractivity contribution in [3.05, 3.63) is 34.6 Å². The van der Waals surface area contributed by atoms with Crippen LogP contribution in [-0.4, -0.2) is 21.4 Å². The molecule has 112 valence electrons. The first-order valence-electron chi connectivity index (χ1n) is 6.55. The van der Waals surface area contributed by atoms with Crippen molar-refractivity contribution in [2.75, 3.05) is 0 Å². The Bertz CT molecular complexity index is 630. The van der Waals surface area contributed by atoms with Gasteiger partial charge in [0.2, 0.25) is 5.91 Å². The summed E-state index contributed by atoms with van der Waals surface area (Å²) in [6, 6.07) is 7.25. The molecule has 2 atom stereocenters. The average Bonchev–Trinajstić information content (AvgIpc) is 2.94. The number of aromatic nitrogens is 2. The van der Waals surface area contributed by atoms with Gasteiger partial charge in [0.05, 0.1) is 6.04 Å². The van der Waals surface area contributed by atoms with Crippen molar-refractivity contribution in [2.45, 2.75) is 31.7 Å². The fraction of sp³-hybridized carbons (Fsp3) is 0.357. The highest BCUT2D eigenvalue weighted by Crippen LogP contribution is 2.23. The van der Waals surface area contributed by atoms with E-state index in [-0.39, 0.29) is 11.9 Å². The lowest BCUT2D eigenvalue weighted by molar-refractivity contribution is -0.121. The molecule has 2 aromatic rings. The number of benzene rings is 1. The van der Waals surface area contributed by atoms with Crippen LogP contribution in [-0.2, 0) is 4.79 Å². The summed E-state index contributed by atoms with van der Waals surface area (Å²) in [6.45, 7) is 3.55. The Labute approximate surface area is 136 Å². The van der Waals surface area contributed by atoms with E-state index in [0.29, 0.717) is 18.1 Å². The monoisotopic (exact) mass is 371 g/mol. The second kappa shape index (κ2) is 7.04. The molecule has 7 heteroatoms. The van der Waals surface area contributed by atoms with Gasteiger partial charge in [-0.25, -0.2) is 0 Å². The van der Waals surface area contributed by atoms with Gasteiger partial charge in [0.25, 0.3) is 5.89 Å². The molecule has 1 amide bonds. The standard InChI is InChI=1S/C14H15BrClN3O2/c1-3-11(17-13(20)8(2)16)12-18-14(21-19-12)9-5-4-6-10(15)7-9/h4-8,11H,3H2,1-2H3,(H,17,20). The van der Waals surface area contributed by atoms with E-state index < -0.39 is 5.38 Å². The number of halogens is 2. The molecule has 0 saturated heterocycles. The van der Waals surface area contributed by atoms with E-state index in [1.807, 2.05) is 31.2 Å². The molecule has 5 nitrogen and oxygen atoms in total. The minimum Gasteiger partial charge on any atom is -0.345 e. The highest BCUT2D eigenvalue weighted by Gasteiger charge is 2.21. The molecule has 0 spiro atoms. The Morgan fingerprint density at radius 1 is 1.52 bits per heavy atom. The number of carbonyl (C=O) groups excluding carboxylic acids is 1. The Hall–Kier alpha value is -1.40. The molecule has 21 heavy (non-hydrogen) atoms. The molecule has 1 heterocycles. The van der Waals surface area contributed by atoms with E-state index >= 15 is 0 Å². The van der Waals surface area contributed by atoms with Gasteiger partial charge in [-0.3, -0.25) is 4.79 Å². The summed E-state index contributed by atoms with van der Waals surface area (Å²) in [7, 11) is 0. The van der Waals surface area contributed by atoms with Crippen LogP contribution in [0.5, 0.6) is 0 Å². The van der Waals surface area contributed by atoms with E-state index in [4.69, 9.17) is 16.1 Å². The minimum absolute atomic E-state index is 0.252. The number of rotatable bonds is 5. The van der Waals surface area contributed by atoms with Crippen LogP contribution in [0.1, 0.15) is 32.1 Å².